The van der Waals surface area contributed by atoms with Crippen molar-refractivity contribution in [2.75, 3.05) is 11.9 Å². The molecule has 7 heteroatoms. The molecule has 1 aromatic rings. The van der Waals surface area contributed by atoms with Crippen LogP contribution < -0.4 is 10.6 Å². The lowest BCUT2D eigenvalue weighted by atomic mass is 9.77. The Bertz CT molecular complexity index is 477. The van der Waals surface area contributed by atoms with Crippen LogP contribution in [0.1, 0.15) is 19.3 Å². The molecular weight excluding hydrogens is 250 g/mol. The van der Waals surface area contributed by atoms with E-state index in [4.69, 9.17) is 0 Å². The minimum absolute atomic E-state index is 0.0308. The second-order valence-electron chi connectivity index (χ2n) is 4.68. The van der Waals surface area contributed by atoms with Gasteiger partial charge in [0.15, 0.2) is 0 Å². The van der Waals surface area contributed by atoms with Gasteiger partial charge in [-0.3, -0.25) is 10.1 Å². The first-order valence-electron chi connectivity index (χ1n) is 5.99. The summed E-state index contributed by atoms with van der Waals surface area (Å²) < 4.78 is 0. The normalized spacial score (nSPS) is 16.3. The number of amides is 2. The number of anilines is 1. The summed E-state index contributed by atoms with van der Waals surface area (Å²) >= 11 is 0. The highest BCUT2D eigenvalue weighted by Crippen LogP contribution is 2.31. The lowest BCUT2D eigenvalue weighted by molar-refractivity contribution is -0.384. The number of hydrogen-bond acceptors (Lipinski definition) is 4. The summed E-state index contributed by atoms with van der Waals surface area (Å²) in [6.45, 7) is -0.0827. The van der Waals surface area contributed by atoms with E-state index in [1.165, 1.54) is 24.3 Å². The Morgan fingerprint density at radius 3 is 2.42 bits per heavy atom. The van der Waals surface area contributed by atoms with E-state index in [0.29, 0.717) is 5.69 Å². The lowest BCUT2D eigenvalue weighted by Gasteiger charge is -2.40. The number of nitro benzene ring substituents is 1. The largest absolute Gasteiger partial charge is 0.394 e. The van der Waals surface area contributed by atoms with E-state index < -0.39 is 16.5 Å². The maximum atomic E-state index is 11.7. The van der Waals surface area contributed by atoms with E-state index in [1.54, 1.807) is 0 Å². The quantitative estimate of drug-likeness (QED) is 0.568. The maximum Gasteiger partial charge on any atom is 0.319 e. The average Bonchev–Trinajstić information content (AvgIpc) is 2.34. The van der Waals surface area contributed by atoms with Gasteiger partial charge in [0, 0.05) is 17.8 Å². The zero-order valence-electron chi connectivity index (χ0n) is 10.3. The number of hydrogen-bond donors (Lipinski definition) is 3. The highest BCUT2D eigenvalue weighted by atomic mass is 16.6. The molecule has 0 atom stereocenters. The van der Waals surface area contributed by atoms with Gasteiger partial charge in [0.25, 0.3) is 5.69 Å². The molecular formula is C12H15N3O4. The number of nitrogens with one attached hydrogen (secondary N) is 2. The molecule has 19 heavy (non-hydrogen) atoms. The van der Waals surface area contributed by atoms with Crippen LogP contribution in [0.4, 0.5) is 16.2 Å². The predicted octanol–water partition coefficient (Wildman–Crippen LogP) is 1.63. The van der Waals surface area contributed by atoms with Crippen molar-refractivity contribution in [3.8, 4) is 0 Å². The van der Waals surface area contributed by atoms with Crippen LogP contribution in [0, 0.1) is 10.1 Å². The molecule has 0 spiro atoms. The molecule has 0 bridgehead atoms. The third-order valence-electron chi connectivity index (χ3n) is 3.33. The van der Waals surface area contributed by atoms with Gasteiger partial charge in [0.1, 0.15) is 0 Å². The minimum atomic E-state index is -0.509. The second-order valence-corrected chi connectivity index (χ2v) is 4.68. The standard InChI is InChI=1S/C12H15N3O4/c16-8-12(6-1-7-12)14-11(17)13-9-2-4-10(5-3-9)15(18)19/h2-5,16H,1,6-8H2,(H2,13,14,17). The predicted molar refractivity (Wildman–Crippen MR) is 68.9 cm³/mol. The SMILES string of the molecule is O=C(Nc1ccc([N+](=O)[O-])cc1)NC1(CO)CCC1. The fraction of sp³-hybridized carbons (Fsp3) is 0.417. The van der Waals surface area contributed by atoms with Gasteiger partial charge in [-0.1, -0.05) is 0 Å². The van der Waals surface area contributed by atoms with Crippen LogP contribution in [0.5, 0.6) is 0 Å². The smallest absolute Gasteiger partial charge is 0.319 e. The Morgan fingerprint density at radius 2 is 2.00 bits per heavy atom. The molecule has 1 aliphatic rings. The van der Waals surface area contributed by atoms with Crippen molar-refractivity contribution in [2.45, 2.75) is 24.8 Å². The Hall–Kier alpha value is -2.15. The third-order valence-corrected chi connectivity index (χ3v) is 3.33. The first-order valence-corrected chi connectivity index (χ1v) is 5.99. The van der Waals surface area contributed by atoms with E-state index in [1.807, 2.05) is 0 Å². The van der Waals surface area contributed by atoms with Crippen molar-refractivity contribution >= 4 is 17.4 Å². The number of aliphatic hydroxyl groups excluding tert-OH is 1. The van der Waals surface area contributed by atoms with Gasteiger partial charge in [0.2, 0.25) is 0 Å². The molecule has 0 aromatic heterocycles. The Labute approximate surface area is 109 Å². The number of carbonyl (C=O) groups excluding carboxylic acids is 1. The van der Waals surface area contributed by atoms with Crippen molar-refractivity contribution in [1.82, 2.24) is 5.32 Å². The first kappa shape index (κ1) is 13.3. The molecule has 2 amide bonds. The summed E-state index contributed by atoms with van der Waals surface area (Å²) in [4.78, 5) is 21.7. The monoisotopic (exact) mass is 265 g/mol. The van der Waals surface area contributed by atoms with Crippen molar-refractivity contribution in [1.29, 1.82) is 0 Å². The van der Waals surface area contributed by atoms with Gasteiger partial charge in [-0.25, -0.2) is 4.79 Å². The molecule has 0 heterocycles. The highest BCUT2D eigenvalue weighted by Gasteiger charge is 2.37. The fourth-order valence-electron chi connectivity index (χ4n) is 2.00. The van der Waals surface area contributed by atoms with Crippen LogP contribution in [0.3, 0.4) is 0 Å². The number of carbonyl (C=O) groups is 1. The molecule has 1 aromatic carbocycles. The molecule has 0 saturated heterocycles. The zero-order chi connectivity index (χ0) is 13.9. The summed E-state index contributed by atoms with van der Waals surface area (Å²) in [6.07, 6.45) is 2.51. The Balaban J connectivity index is 1.93. The van der Waals surface area contributed by atoms with Crippen LogP contribution in [0.2, 0.25) is 0 Å². The number of aliphatic hydroxyl groups is 1. The summed E-state index contributed by atoms with van der Waals surface area (Å²) in [5, 5.41) is 25.0. The van der Waals surface area contributed by atoms with Gasteiger partial charge in [-0.05, 0) is 31.4 Å². The van der Waals surface area contributed by atoms with Crippen molar-refractivity contribution in [3.05, 3.63) is 34.4 Å². The summed E-state index contributed by atoms with van der Waals surface area (Å²) in [5.74, 6) is 0. The number of rotatable bonds is 4. The molecule has 0 aliphatic heterocycles. The van der Waals surface area contributed by atoms with Gasteiger partial charge < -0.3 is 15.7 Å². The highest BCUT2D eigenvalue weighted by molar-refractivity contribution is 5.90. The van der Waals surface area contributed by atoms with E-state index in [2.05, 4.69) is 10.6 Å². The summed E-state index contributed by atoms with van der Waals surface area (Å²) in [5.41, 5.74) is -0.0718. The maximum absolute atomic E-state index is 11.7. The van der Waals surface area contributed by atoms with E-state index in [-0.39, 0.29) is 12.3 Å². The summed E-state index contributed by atoms with van der Waals surface area (Å²) in [6, 6.07) is 5.15. The van der Waals surface area contributed by atoms with Crippen LogP contribution in [0.15, 0.2) is 24.3 Å². The fourth-order valence-corrected chi connectivity index (χ4v) is 2.00. The molecule has 0 radical (unpaired) electrons. The Morgan fingerprint density at radius 1 is 1.37 bits per heavy atom. The second kappa shape index (κ2) is 5.23. The van der Waals surface area contributed by atoms with Crippen LogP contribution in [-0.4, -0.2) is 28.2 Å². The zero-order valence-corrected chi connectivity index (χ0v) is 10.3. The van der Waals surface area contributed by atoms with Gasteiger partial charge in [-0.15, -0.1) is 0 Å². The molecule has 1 saturated carbocycles. The van der Waals surface area contributed by atoms with Gasteiger partial charge in [0.05, 0.1) is 17.1 Å². The van der Waals surface area contributed by atoms with Crippen molar-refractivity contribution in [2.24, 2.45) is 0 Å². The van der Waals surface area contributed by atoms with Crippen LogP contribution in [-0.2, 0) is 0 Å². The summed E-state index contributed by atoms with van der Waals surface area (Å²) in [7, 11) is 0. The van der Waals surface area contributed by atoms with Crippen LogP contribution in [0.25, 0.3) is 0 Å². The van der Waals surface area contributed by atoms with Crippen molar-refractivity contribution < 1.29 is 14.8 Å². The number of non-ortho nitro benzene ring substituents is 1. The average molecular weight is 265 g/mol. The van der Waals surface area contributed by atoms with Gasteiger partial charge >= 0.3 is 6.03 Å². The number of nitro groups is 1. The topological polar surface area (TPSA) is 104 Å². The molecule has 1 aliphatic carbocycles. The minimum Gasteiger partial charge on any atom is -0.394 e. The first-order chi connectivity index (χ1) is 9.04. The number of urea groups is 1. The molecule has 0 unspecified atom stereocenters. The number of nitrogens with zero attached hydrogens (tertiary/aromatic N) is 1. The van der Waals surface area contributed by atoms with Gasteiger partial charge in [-0.2, -0.15) is 0 Å². The molecule has 102 valence electrons. The molecule has 2 rings (SSSR count). The number of benzene rings is 1. The lowest BCUT2D eigenvalue weighted by Crippen LogP contribution is -2.57. The Kier molecular flexibility index (Phi) is 3.66. The molecule has 1 fully saturated rings. The van der Waals surface area contributed by atoms with Crippen LogP contribution >= 0.6 is 0 Å². The van der Waals surface area contributed by atoms with E-state index in [9.17, 15) is 20.0 Å². The molecule has 7 nitrogen and oxygen atoms in total. The molecule has 3 N–H and O–H groups in total. The third kappa shape index (κ3) is 3.00. The van der Waals surface area contributed by atoms with E-state index in [0.717, 1.165) is 19.3 Å². The van der Waals surface area contributed by atoms with E-state index >= 15 is 0 Å². The van der Waals surface area contributed by atoms with Crippen molar-refractivity contribution in [3.63, 3.8) is 0 Å².